The maximum absolute atomic E-state index is 12.2. The second kappa shape index (κ2) is 9.18. The molecule has 3 aromatic carbocycles. The highest BCUT2D eigenvalue weighted by Gasteiger charge is 2.09. The number of rotatable bonds is 6. The molecule has 0 saturated carbocycles. The summed E-state index contributed by atoms with van der Waals surface area (Å²) in [5.74, 6) is -0.0793. The third-order valence-electron chi connectivity index (χ3n) is 4.31. The highest BCUT2D eigenvalue weighted by Crippen LogP contribution is 2.23. The van der Waals surface area contributed by atoms with Crippen LogP contribution in [-0.2, 0) is 11.3 Å². The molecule has 1 N–H and O–H groups in total. The number of anilines is 1. The molecule has 0 aliphatic heterocycles. The van der Waals surface area contributed by atoms with Crippen LogP contribution in [0.3, 0.4) is 0 Å². The predicted molar refractivity (Wildman–Crippen MR) is 113 cm³/mol. The third kappa shape index (κ3) is 5.20. The van der Waals surface area contributed by atoms with Crippen molar-refractivity contribution < 1.29 is 4.79 Å². The highest BCUT2D eigenvalue weighted by atomic mass is 35.5. The zero-order valence-electron chi connectivity index (χ0n) is 15.5. The van der Waals surface area contributed by atoms with Crippen molar-refractivity contribution in [2.45, 2.75) is 6.54 Å². The van der Waals surface area contributed by atoms with Crippen molar-refractivity contribution >= 4 is 23.2 Å². The van der Waals surface area contributed by atoms with Gasteiger partial charge in [0, 0.05) is 17.3 Å². The van der Waals surface area contributed by atoms with E-state index in [2.05, 4.69) is 11.4 Å². The lowest BCUT2D eigenvalue weighted by Gasteiger charge is -2.17. The van der Waals surface area contributed by atoms with Crippen LogP contribution in [0.2, 0.25) is 5.02 Å². The number of nitrogens with one attached hydrogen (secondary N) is 1. The average Bonchev–Trinajstić information content (AvgIpc) is 2.70. The second-order valence-corrected chi connectivity index (χ2v) is 7.02. The summed E-state index contributed by atoms with van der Waals surface area (Å²) >= 11 is 5.85. The Labute approximate surface area is 170 Å². The van der Waals surface area contributed by atoms with Gasteiger partial charge in [-0.15, -0.1) is 0 Å². The first kappa shape index (κ1) is 19.6. The Morgan fingerprint density at radius 3 is 2.39 bits per heavy atom. The Bertz CT molecular complexity index is 992. The van der Waals surface area contributed by atoms with E-state index in [1.54, 1.807) is 24.3 Å². The molecule has 0 saturated heterocycles. The van der Waals surface area contributed by atoms with Crippen LogP contribution in [0.4, 0.5) is 5.69 Å². The van der Waals surface area contributed by atoms with E-state index in [9.17, 15) is 10.1 Å². The summed E-state index contributed by atoms with van der Waals surface area (Å²) in [5, 5.41) is 12.7. The summed E-state index contributed by atoms with van der Waals surface area (Å²) in [4.78, 5) is 14.1. The van der Waals surface area contributed by atoms with Crippen molar-refractivity contribution in [2.75, 3.05) is 18.9 Å². The molecule has 0 aliphatic carbocycles. The first-order valence-corrected chi connectivity index (χ1v) is 9.25. The van der Waals surface area contributed by atoms with Gasteiger partial charge in [0.2, 0.25) is 5.91 Å². The van der Waals surface area contributed by atoms with Crippen molar-refractivity contribution in [3.8, 4) is 17.2 Å². The number of carbonyl (C=O) groups excluding carboxylic acids is 1. The molecule has 3 rings (SSSR count). The fourth-order valence-corrected chi connectivity index (χ4v) is 3.09. The van der Waals surface area contributed by atoms with Crippen molar-refractivity contribution in [2.24, 2.45) is 0 Å². The molecule has 0 spiro atoms. The number of amides is 1. The quantitative estimate of drug-likeness (QED) is 0.649. The van der Waals surface area contributed by atoms with Crippen LogP contribution in [0.1, 0.15) is 11.1 Å². The first-order valence-electron chi connectivity index (χ1n) is 8.87. The number of hydrogen-bond donors (Lipinski definition) is 1. The largest absolute Gasteiger partial charge is 0.325 e. The molecule has 4 nitrogen and oxygen atoms in total. The predicted octanol–water partition coefficient (Wildman–Crippen LogP) is 4.95. The number of nitriles is 1. The molecule has 0 fully saturated rings. The molecule has 5 heteroatoms. The van der Waals surface area contributed by atoms with Gasteiger partial charge < -0.3 is 5.32 Å². The Kier molecular flexibility index (Phi) is 6.44. The van der Waals surface area contributed by atoms with E-state index in [0.717, 1.165) is 22.4 Å². The van der Waals surface area contributed by atoms with E-state index in [-0.39, 0.29) is 12.5 Å². The van der Waals surface area contributed by atoms with E-state index in [1.807, 2.05) is 60.5 Å². The summed E-state index contributed by atoms with van der Waals surface area (Å²) in [5.41, 5.74) is 4.41. The summed E-state index contributed by atoms with van der Waals surface area (Å²) in [7, 11) is 1.90. The van der Waals surface area contributed by atoms with Gasteiger partial charge in [-0.05, 0) is 54.1 Å². The van der Waals surface area contributed by atoms with Gasteiger partial charge in [0.15, 0.2) is 0 Å². The monoisotopic (exact) mass is 389 g/mol. The fraction of sp³-hybridized carbons (Fsp3) is 0.130. The van der Waals surface area contributed by atoms with Crippen LogP contribution < -0.4 is 5.32 Å². The summed E-state index contributed by atoms with van der Waals surface area (Å²) in [6.45, 7) is 0.926. The number of carbonyl (C=O) groups is 1. The number of likely N-dealkylation sites (N-methyl/N-ethyl adjacent to an activating group) is 1. The van der Waals surface area contributed by atoms with E-state index >= 15 is 0 Å². The molecular formula is C23H20ClN3O. The van der Waals surface area contributed by atoms with Gasteiger partial charge in [-0.25, -0.2) is 0 Å². The smallest absolute Gasteiger partial charge is 0.238 e. The topological polar surface area (TPSA) is 56.1 Å². The normalized spacial score (nSPS) is 10.5. The molecule has 0 unspecified atom stereocenters. The minimum Gasteiger partial charge on any atom is -0.325 e. The van der Waals surface area contributed by atoms with Crippen LogP contribution in [0.25, 0.3) is 11.1 Å². The van der Waals surface area contributed by atoms with E-state index in [0.29, 0.717) is 17.1 Å². The zero-order chi connectivity index (χ0) is 19.9. The third-order valence-corrected chi connectivity index (χ3v) is 4.56. The minimum absolute atomic E-state index is 0.0793. The van der Waals surface area contributed by atoms with Gasteiger partial charge in [-0.2, -0.15) is 5.26 Å². The van der Waals surface area contributed by atoms with Crippen molar-refractivity contribution in [1.82, 2.24) is 4.90 Å². The first-order chi connectivity index (χ1) is 13.5. The van der Waals surface area contributed by atoms with E-state index < -0.39 is 0 Å². The molecule has 140 valence electrons. The van der Waals surface area contributed by atoms with Crippen molar-refractivity contribution in [3.63, 3.8) is 0 Å². The lowest BCUT2D eigenvalue weighted by Crippen LogP contribution is -2.29. The van der Waals surface area contributed by atoms with Crippen LogP contribution in [-0.4, -0.2) is 24.4 Å². The number of nitrogens with zero attached hydrogens (tertiary/aromatic N) is 2. The Morgan fingerprint density at radius 2 is 1.71 bits per heavy atom. The maximum atomic E-state index is 12.2. The molecule has 0 aliphatic rings. The summed E-state index contributed by atoms with van der Waals surface area (Å²) < 4.78 is 0. The summed E-state index contributed by atoms with van der Waals surface area (Å²) in [6, 6.07) is 24.9. The van der Waals surface area contributed by atoms with Crippen LogP contribution >= 0.6 is 11.6 Å². The van der Waals surface area contributed by atoms with Crippen molar-refractivity contribution in [1.29, 1.82) is 5.26 Å². The molecule has 0 aromatic heterocycles. The number of benzene rings is 3. The van der Waals surface area contributed by atoms with Gasteiger partial charge >= 0.3 is 0 Å². The summed E-state index contributed by atoms with van der Waals surface area (Å²) in [6.07, 6.45) is 0. The van der Waals surface area contributed by atoms with Gasteiger partial charge in [0.1, 0.15) is 0 Å². The lowest BCUT2D eigenvalue weighted by molar-refractivity contribution is -0.117. The minimum atomic E-state index is -0.0793. The van der Waals surface area contributed by atoms with Gasteiger partial charge in [0.05, 0.1) is 18.2 Å². The molecule has 3 aromatic rings. The molecule has 28 heavy (non-hydrogen) atoms. The zero-order valence-corrected chi connectivity index (χ0v) is 16.3. The molecule has 0 bridgehead atoms. The molecule has 0 heterocycles. The highest BCUT2D eigenvalue weighted by molar-refractivity contribution is 6.30. The molecule has 0 atom stereocenters. The fourth-order valence-electron chi connectivity index (χ4n) is 2.97. The number of halogens is 1. The Morgan fingerprint density at radius 1 is 1.04 bits per heavy atom. The number of hydrogen-bond acceptors (Lipinski definition) is 3. The second-order valence-electron chi connectivity index (χ2n) is 6.58. The van der Waals surface area contributed by atoms with Gasteiger partial charge in [0.25, 0.3) is 0 Å². The van der Waals surface area contributed by atoms with Crippen molar-refractivity contribution in [3.05, 3.63) is 88.9 Å². The lowest BCUT2D eigenvalue weighted by atomic mass is 9.99. The Hall–Kier alpha value is -3.13. The van der Waals surface area contributed by atoms with Crippen LogP contribution in [0, 0.1) is 11.3 Å². The molecular weight excluding hydrogens is 370 g/mol. The van der Waals surface area contributed by atoms with E-state index in [1.165, 1.54) is 0 Å². The SMILES string of the molecule is CN(CC(=O)Nc1ccc(Cl)cc1)Cc1ccc(-c2ccccc2C#N)cc1. The molecule has 0 radical (unpaired) electrons. The molecule has 1 amide bonds. The van der Waals surface area contributed by atoms with Gasteiger partial charge in [-0.1, -0.05) is 54.1 Å². The van der Waals surface area contributed by atoms with Gasteiger partial charge in [-0.3, -0.25) is 9.69 Å². The maximum Gasteiger partial charge on any atom is 0.238 e. The Balaban J connectivity index is 1.58. The van der Waals surface area contributed by atoms with E-state index in [4.69, 9.17) is 11.6 Å². The van der Waals surface area contributed by atoms with Crippen LogP contribution in [0.15, 0.2) is 72.8 Å². The standard InChI is InChI=1S/C23H20ClN3O/c1-27(16-23(28)26-21-12-10-20(24)11-13-21)15-17-6-8-18(9-7-17)22-5-3-2-4-19(22)14-25/h2-13H,15-16H2,1H3,(H,26,28). The van der Waals surface area contributed by atoms with Crippen LogP contribution in [0.5, 0.6) is 0 Å². The average molecular weight is 390 g/mol.